The van der Waals surface area contributed by atoms with Crippen LogP contribution >= 0.6 is 0 Å². The first kappa shape index (κ1) is 9.97. The molecule has 3 nitrogen and oxygen atoms in total. The SMILES string of the molecule is CCC1C(=O)N(C)CCN1C1CCC1. The second kappa shape index (κ2) is 3.89. The summed E-state index contributed by atoms with van der Waals surface area (Å²) in [5, 5.41) is 0. The van der Waals surface area contributed by atoms with Crippen LogP contribution in [0.5, 0.6) is 0 Å². The Morgan fingerprint density at radius 2 is 2.07 bits per heavy atom. The van der Waals surface area contributed by atoms with Crippen LogP contribution in [0.3, 0.4) is 0 Å². The van der Waals surface area contributed by atoms with E-state index in [0.717, 1.165) is 19.5 Å². The second-order valence-electron chi connectivity index (χ2n) is 4.51. The number of nitrogens with zero attached hydrogens (tertiary/aromatic N) is 2. The minimum atomic E-state index is 0.166. The molecule has 0 aromatic heterocycles. The Hall–Kier alpha value is -0.570. The molecular weight excluding hydrogens is 176 g/mol. The summed E-state index contributed by atoms with van der Waals surface area (Å²) in [6.45, 7) is 4.10. The number of likely N-dealkylation sites (N-methyl/N-ethyl adjacent to an activating group) is 1. The van der Waals surface area contributed by atoms with Crippen LogP contribution in [0.15, 0.2) is 0 Å². The van der Waals surface area contributed by atoms with Crippen LogP contribution in [0.4, 0.5) is 0 Å². The Kier molecular flexibility index (Phi) is 2.77. The summed E-state index contributed by atoms with van der Waals surface area (Å²) >= 11 is 0. The topological polar surface area (TPSA) is 23.6 Å². The van der Waals surface area contributed by atoms with Crippen LogP contribution in [-0.4, -0.2) is 47.9 Å². The van der Waals surface area contributed by atoms with E-state index in [1.165, 1.54) is 19.3 Å². The van der Waals surface area contributed by atoms with Gasteiger partial charge in [0.05, 0.1) is 6.04 Å². The Labute approximate surface area is 86.1 Å². The number of carbonyl (C=O) groups excluding carboxylic acids is 1. The molecule has 14 heavy (non-hydrogen) atoms. The largest absolute Gasteiger partial charge is 0.343 e. The normalized spacial score (nSPS) is 30.6. The predicted molar refractivity (Wildman–Crippen MR) is 56.1 cm³/mol. The molecule has 2 fully saturated rings. The maximum absolute atomic E-state index is 11.9. The average molecular weight is 196 g/mol. The minimum absolute atomic E-state index is 0.166. The van der Waals surface area contributed by atoms with Crippen LogP contribution in [-0.2, 0) is 4.79 Å². The van der Waals surface area contributed by atoms with Crippen molar-refractivity contribution >= 4 is 5.91 Å². The molecule has 2 rings (SSSR count). The van der Waals surface area contributed by atoms with E-state index in [0.29, 0.717) is 11.9 Å². The summed E-state index contributed by atoms with van der Waals surface area (Å²) in [5.41, 5.74) is 0. The lowest BCUT2D eigenvalue weighted by atomic mass is 9.89. The van der Waals surface area contributed by atoms with E-state index in [4.69, 9.17) is 0 Å². The van der Waals surface area contributed by atoms with Crippen molar-refractivity contribution in [3.05, 3.63) is 0 Å². The molecule has 1 saturated heterocycles. The molecule has 0 radical (unpaired) electrons. The van der Waals surface area contributed by atoms with Crippen molar-refractivity contribution in [3.63, 3.8) is 0 Å². The van der Waals surface area contributed by atoms with E-state index in [1.807, 2.05) is 11.9 Å². The lowest BCUT2D eigenvalue weighted by molar-refractivity contribution is -0.143. The molecule has 1 unspecified atom stereocenters. The summed E-state index contributed by atoms with van der Waals surface area (Å²) in [5.74, 6) is 0.325. The molecule has 1 saturated carbocycles. The van der Waals surface area contributed by atoms with Crippen molar-refractivity contribution in [3.8, 4) is 0 Å². The first-order valence-electron chi connectivity index (χ1n) is 5.74. The molecule has 1 aliphatic carbocycles. The zero-order chi connectivity index (χ0) is 10.1. The lowest BCUT2D eigenvalue weighted by Gasteiger charge is -2.46. The quantitative estimate of drug-likeness (QED) is 0.660. The van der Waals surface area contributed by atoms with Crippen LogP contribution in [0.2, 0.25) is 0 Å². The summed E-state index contributed by atoms with van der Waals surface area (Å²) in [7, 11) is 1.92. The highest BCUT2D eigenvalue weighted by Crippen LogP contribution is 2.29. The van der Waals surface area contributed by atoms with Crippen molar-refractivity contribution in [2.45, 2.75) is 44.7 Å². The molecule has 3 heteroatoms. The Morgan fingerprint density at radius 3 is 2.57 bits per heavy atom. The van der Waals surface area contributed by atoms with Crippen molar-refractivity contribution in [1.82, 2.24) is 9.80 Å². The van der Waals surface area contributed by atoms with Crippen molar-refractivity contribution in [2.75, 3.05) is 20.1 Å². The monoisotopic (exact) mass is 196 g/mol. The molecule has 0 aromatic rings. The minimum Gasteiger partial charge on any atom is -0.343 e. The van der Waals surface area contributed by atoms with Crippen molar-refractivity contribution in [1.29, 1.82) is 0 Å². The van der Waals surface area contributed by atoms with E-state index in [-0.39, 0.29) is 6.04 Å². The number of amides is 1. The molecule has 1 amide bonds. The van der Waals surface area contributed by atoms with Crippen LogP contribution in [0, 0.1) is 0 Å². The Balaban J connectivity index is 2.04. The third-order valence-electron chi connectivity index (χ3n) is 3.69. The molecule has 0 N–H and O–H groups in total. The highest BCUT2D eigenvalue weighted by molar-refractivity contribution is 5.82. The smallest absolute Gasteiger partial charge is 0.239 e. The van der Waals surface area contributed by atoms with Gasteiger partial charge in [-0.1, -0.05) is 13.3 Å². The number of hydrogen-bond acceptors (Lipinski definition) is 2. The van der Waals surface area contributed by atoms with Crippen molar-refractivity contribution < 1.29 is 4.79 Å². The van der Waals surface area contributed by atoms with Gasteiger partial charge in [0, 0.05) is 26.2 Å². The van der Waals surface area contributed by atoms with Gasteiger partial charge in [-0.25, -0.2) is 0 Å². The van der Waals surface area contributed by atoms with E-state index in [9.17, 15) is 4.79 Å². The summed E-state index contributed by atoms with van der Waals surface area (Å²) in [6, 6.07) is 0.872. The maximum Gasteiger partial charge on any atom is 0.239 e. The highest BCUT2D eigenvalue weighted by Gasteiger charge is 2.37. The first-order chi connectivity index (χ1) is 6.74. The van der Waals surface area contributed by atoms with Gasteiger partial charge < -0.3 is 4.90 Å². The third-order valence-corrected chi connectivity index (χ3v) is 3.69. The second-order valence-corrected chi connectivity index (χ2v) is 4.51. The number of piperazine rings is 1. The molecule has 1 heterocycles. The number of carbonyl (C=O) groups is 1. The van der Waals surface area contributed by atoms with Gasteiger partial charge in [-0.15, -0.1) is 0 Å². The van der Waals surface area contributed by atoms with E-state index < -0.39 is 0 Å². The fourth-order valence-electron chi connectivity index (χ4n) is 2.49. The van der Waals surface area contributed by atoms with Gasteiger partial charge >= 0.3 is 0 Å². The van der Waals surface area contributed by atoms with Crippen LogP contribution in [0.25, 0.3) is 0 Å². The van der Waals surface area contributed by atoms with Gasteiger partial charge in [0.2, 0.25) is 5.91 Å². The zero-order valence-electron chi connectivity index (χ0n) is 9.20. The van der Waals surface area contributed by atoms with Crippen LogP contribution in [0.1, 0.15) is 32.6 Å². The van der Waals surface area contributed by atoms with Gasteiger partial charge in [-0.2, -0.15) is 0 Å². The Morgan fingerprint density at radius 1 is 1.36 bits per heavy atom. The zero-order valence-corrected chi connectivity index (χ0v) is 9.20. The fraction of sp³-hybridized carbons (Fsp3) is 0.909. The molecule has 1 aliphatic heterocycles. The molecule has 0 spiro atoms. The number of hydrogen-bond donors (Lipinski definition) is 0. The number of rotatable bonds is 2. The van der Waals surface area contributed by atoms with E-state index >= 15 is 0 Å². The average Bonchev–Trinajstić information content (AvgIpc) is 2.09. The summed E-state index contributed by atoms with van der Waals surface area (Å²) in [6.07, 6.45) is 4.91. The Bertz CT molecular complexity index is 225. The van der Waals surface area contributed by atoms with Gasteiger partial charge in [0.25, 0.3) is 0 Å². The van der Waals surface area contributed by atoms with Gasteiger partial charge in [-0.3, -0.25) is 9.69 Å². The van der Waals surface area contributed by atoms with Gasteiger partial charge in [0.1, 0.15) is 0 Å². The lowest BCUT2D eigenvalue weighted by Crippen LogP contribution is -2.59. The maximum atomic E-state index is 11.9. The van der Waals surface area contributed by atoms with Gasteiger partial charge in [-0.05, 0) is 19.3 Å². The third kappa shape index (κ3) is 1.54. The van der Waals surface area contributed by atoms with Crippen molar-refractivity contribution in [2.24, 2.45) is 0 Å². The molecule has 1 atom stereocenters. The molecule has 2 aliphatic rings. The molecule has 80 valence electrons. The molecule has 0 aromatic carbocycles. The predicted octanol–water partition coefficient (Wildman–Crippen LogP) is 1.09. The highest BCUT2D eigenvalue weighted by atomic mass is 16.2. The summed E-state index contributed by atoms with van der Waals surface area (Å²) < 4.78 is 0. The molecular formula is C11H20N2O. The van der Waals surface area contributed by atoms with Crippen LogP contribution < -0.4 is 0 Å². The summed E-state index contributed by atoms with van der Waals surface area (Å²) in [4.78, 5) is 16.2. The first-order valence-corrected chi connectivity index (χ1v) is 5.74. The van der Waals surface area contributed by atoms with Gasteiger partial charge in [0.15, 0.2) is 0 Å². The fourth-order valence-corrected chi connectivity index (χ4v) is 2.49. The van der Waals surface area contributed by atoms with E-state index in [1.54, 1.807) is 0 Å². The standard InChI is InChI=1S/C11H20N2O/c1-3-10-11(14)12(2)7-8-13(10)9-5-4-6-9/h9-10H,3-8H2,1-2H3. The molecule has 0 bridgehead atoms. The van der Waals surface area contributed by atoms with E-state index in [2.05, 4.69) is 11.8 Å².